The fraction of sp³-hybridized carbons (Fsp3) is 0.0714. The number of rotatable bonds is 3. The van der Waals surface area contributed by atoms with Gasteiger partial charge in [0.15, 0.2) is 0 Å². The molecule has 0 aliphatic carbocycles. The maximum atomic E-state index is 11.8. The number of nitrogens with zero attached hydrogens (tertiary/aromatic N) is 2. The Balaban J connectivity index is 2.13. The number of aromatic nitrogens is 1. The molecule has 0 atom stereocenters. The zero-order valence-corrected chi connectivity index (χ0v) is 12.1. The average molecular weight is 308 g/mol. The van der Waals surface area contributed by atoms with E-state index >= 15 is 0 Å². The molecule has 0 unspecified atom stereocenters. The van der Waals surface area contributed by atoms with Crippen LogP contribution in [0.3, 0.4) is 0 Å². The molecular formula is C14H11Cl2N3O. The lowest BCUT2D eigenvalue weighted by molar-refractivity contribution is 0.0954. The number of hydrogen-bond acceptors (Lipinski definition) is 3. The van der Waals surface area contributed by atoms with Gasteiger partial charge in [0.05, 0.1) is 10.7 Å². The Bertz CT molecular complexity index is 657. The Morgan fingerprint density at radius 1 is 1.20 bits per heavy atom. The molecule has 0 saturated heterocycles. The lowest BCUT2D eigenvalue weighted by atomic mass is 10.1. The Hall–Kier alpha value is -1.91. The van der Waals surface area contributed by atoms with E-state index in [1.54, 1.807) is 49.6 Å². The SMILES string of the molecule is C/C(=N\NC(=O)c1ccncc1)c1ccc(Cl)cc1Cl. The van der Waals surface area contributed by atoms with Gasteiger partial charge in [-0.3, -0.25) is 9.78 Å². The van der Waals surface area contributed by atoms with Crippen molar-refractivity contribution in [2.75, 3.05) is 0 Å². The summed E-state index contributed by atoms with van der Waals surface area (Å²) in [5.41, 5.74) is 4.26. The van der Waals surface area contributed by atoms with Gasteiger partial charge in [-0.1, -0.05) is 29.3 Å². The van der Waals surface area contributed by atoms with Crippen LogP contribution in [0.2, 0.25) is 10.0 Å². The molecule has 20 heavy (non-hydrogen) atoms. The maximum absolute atomic E-state index is 11.8. The summed E-state index contributed by atoms with van der Waals surface area (Å²) in [5.74, 6) is -0.308. The van der Waals surface area contributed by atoms with Crippen molar-refractivity contribution < 1.29 is 4.79 Å². The number of benzene rings is 1. The van der Waals surface area contributed by atoms with E-state index in [4.69, 9.17) is 23.2 Å². The topological polar surface area (TPSA) is 54.4 Å². The molecule has 2 aromatic rings. The number of amides is 1. The number of hydrogen-bond donors (Lipinski definition) is 1. The Morgan fingerprint density at radius 3 is 2.55 bits per heavy atom. The molecule has 2 rings (SSSR count). The summed E-state index contributed by atoms with van der Waals surface area (Å²) in [4.78, 5) is 15.7. The number of carbonyl (C=O) groups is 1. The van der Waals surface area contributed by atoms with Gasteiger partial charge in [-0.05, 0) is 31.2 Å². The van der Waals surface area contributed by atoms with Crippen molar-refractivity contribution in [1.29, 1.82) is 0 Å². The largest absolute Gasteiger partial charge is 0.271 e. The van der Waals surface area contributed by atoms with Crippen molar-refractivity contribution in [2.24, 2.45) is 5.10 Å². The molecule has 102 valence electrons. The van der Waals surface area contributed by atoms with Crippen LogP contribution in [0.25, 0.3) is 0 Å². The third kappa shape index (κ3) is 3.56. The molecule has 1 amide bonds. The highest BCUT2D eigenvalue weighted by molar-refractivity contribution is 6.37. The first-order valence-corrected chi connectivity index (χ1v) is 6.53. The van der Waals surface area contributed by atoms with Gasteiger partial charge in [0.1, 0.15) is 0 Å². The highest BCUT2D eigenvalue weighted by Crippen LogP contribution is 2.21. The highest BCUT2D eigenvalue weighted by Gasteiger charge is 2.07. The quantitative estimate of drug-likeness (QED) is 0.696. The molecule has 0 radical (unpaired) electrons. The standard InChI is InChI=1S/C14H11Cl2N3O/c1-9(12-3-2-11(15)8-13(12)16)18-19-14(20)10-4-6-17-7-5-10/h2-8H,1H3,(H,19,20)/b18-9+. The molecule has 0 saturated carbocycles. The lowest BCUT2D eigenvalue weighted by Gasteiger charge is -2.05. The van der Waals surface area contributed by atoms with Crippen LogP contribution in [-0.4, -0.2) is 16.6 Å². The molecule has 0 aliphatic heterocycles. The summed E-state index contributed by atoms with van der Waals surface area (Å²) in [6.07, 6.45) is 3.09. The molecule has 0 spiro atoms. The van der Waals surface area contributed by atoms with Gasteiger partial charge < -0.3 is 0 Å². The fourth-order valence-electron chi connectivity index (χ4n) is 1.55. The van der Waals surface area contributed by atoms with Crippen LogP contribution in [0.1, 0.15) is 22.8 Å². The van der Waals surface area contributed by atoms with Crippen LogP contribution in [0.4, 0.5) is 0 Å². The highest BCUT2D eigenvalue weighted by atomic mass is 35.5. The van der Waals surface area contributed by atoms with Crippen LogP contribution in [0.15, 0.2) is 47.8 Å². The molecule has 6 heteroatoms. The predicted octanol–water partition coefficient (Wildman–Crippen LogP) is 3.54. The van der Waals surface area contributed by atoms with Crippen molar-refractivity contribution >= 4 is 34.8 Å². The van der Waals surface area contributed by atoms with Crippen LogP contribution >= 0.6 is 23.2 Å². The van der Waals surface area contributed by atoms with E-state index in [-0.39, 0.29) is 5.91 Å². The second-order valence-electron chi connectivity index (χ2n) is 4.00. The van der Waals surface area contributed by atoms with Gasteiger partial charge in [-0.15, -0.1) is 0 Å². The predicted molar refractivity (Wildman–Crippen MR) is 80.4 cm³/mol. The Labute approximate surface area is 126 Å². The lowest BCUT2D eigenvalue weighted by Crippen LogP contribution is -2.19. The summed E-state index contributed by atoms with van der Waals surface area (Å²) in [5, 5.41) is 5.06. The fourth-order valence-corrected chi connectivity index (χ4v) is 2.09. The van der Waals surface area contributed by atoms with Crippen molar-refractivity contribution in [1.82, 2.24) is 10.4 Å². The van der Waals surface area contributed by atoms with E-state index in [2.05, 4.69) is 15.5 Å². The number of pyridine rings is 1. The van der Waals surface area contributed by atoms with E-state index in [1.165, 1.54) is 0 Å². The van der Waals surface area contributed by atoms with Gasteiger partial charge in [-0.2, -0.15) is 5.10 Å². The minimum Gasteiger partial charge on any atom is -0.267 e. The van der Waals surface area contributed by atoms with Gasteiger partial charge >= 0.3 is 0 Å². The maximum Gasteiger partial charge on any atom is 0.271 e. The van der Waals surface area contributed by atoms with Gasteiger partial charge in [0.25, 0.3) is 5.91 Å². The van der Waals surface area contributed by atoms with Gasteiger partial charge in [0, 0.05) is 28.5 Å². The Morgan fingerprint density at radius 2 is 1.90 bits per heavy atom. The van der Waals surface area contributed by atoms with E-state index in [0.717, 1.165) is 0 Å². The number of carbonyl (C=O) groups excluding carboxylic acids is 1. The minimum atomic E-state index is -0.308. The normalized spacial score (nSPS) is 11.2. The zero-order valence-electron chi connectivity index (χ0n) is 10.6. The van der Waals surface area contributed by atoms with Crippen molar-refractivity contribution in [2.45, 2.75) is 6.92 Å². The first-order valence-electron chi connectivity index (χ1n) is 5.78. The van der Waals surface area contributed by atoms with Crippen LogP contribution < -0.4 is 5.43 Å². The third-order valence-electron chi connectivity index (χ3n) is 2.59. The monoisotopic (exact) mass is 307 g/mol. The molecule has 1 aromatic heterocycles. The smallest absolute Gasteiger partial charge is 0.267 e. The Kier molecular flexibility index (Phi) is 4.71. The third-order valence-corrected chi connectivity index (χ3v) is 3.14. The second-order valence-corrected chi connectivity index (χ2v) is 4.84. The van der Waals surface area contributed by atoms with Crippen molar-refractivity contribution in [3.63, 3.8) is 0 Å². The van der Waals surface area contributed by atoms with Crippen LogP contribution in [0.5, 0.6) is 0 Å². The summed E-state index contributed by atoms with van der Waals surface area (Å²) in [7, 11) is 0. The molecule has 1 N–H and O–H groups in total. The van der Waals surface area contributed by atoms with E-state index in [0.29, 0.717) is 26.9 Å². The molecule has 0 fully saturated rings. The summed E-state index contributed by atoms with van der Waals surface area (Å²) in [6, 6.07) is 8.31. The van der Waals surface area contributed by atoms with E-state index in [1.807, 2.05) is 0 Å². The van der Waals surface area contributed by atoms with Crippen LogP contribution in [0, 0.1) is 0 Å². The summed E-state index contributed by atoms with van der Waals surface area (Å²) in [6.45, 7) is 1.75. The van der Waals surface area contributed by atoms with Crippen molar-refractivity contribution in [3.8, 4) is 0 Å². The van der Waals surface area contributed by atoms with Gasteiger partial charge in [0.2, 0.25) is 0 Å². The van der Waals surface area contributed by atoms with Crippen LogP contribution in [-0.2, 0) is 0 Å². The first kappa shape index (κ1) is 14.5. The number of halogens is 2. The molecular weight excluding hydrogens is 297 g/mol. The summed E-state index contributed by atoms with van der Waals surface area (Å²) < 4.78 is 0. The molecule has 0 bridgehead atoms. The average Bonchev–Trinajstić information content (AvgIpc) is 2.45. The molecule has 1 heterocycles. The second kappa shape index (κ2) is 6.50. The van der Waals surface area contributed by atoms with Crippen molar-refractivity contribution in [3.05, 3.63) is 63.9 Å². The molecule has 4 nitrogen and oxygen atoms in total. The zero-order chi connectivity index (χ0) is 14.5. The molecule has 0 aliphatic rings. The molecule has 1 aromatic carbocycles. The summed E-state index contributed by atoms with van der Waals surface area (Å²) >= 11 is 11.9. The number of hydrazone groups is 1. The first-order chi connectivity index (χ1) is 9.58. The minimum absolute atomic E-state index is 0.308. The number of nitrogens with one attached hydrogen (secondary N) is 1. The van der Waals surface area contributed by atoms with Gasteiger partial charge in [-0.25, -0.2) is 5.43 Å². The van der Waals surface area contributed by atoms with E-state index < -0.39 is 0 Å². The van der Waals surface area contributed by atoms with E-state index in [9.17, 15) is 4.79 Å².